The quantitative estimate of drug-likeness (QED) is 0.575. The van der Waals surface area contributed by atoms with Crippen molar-refractivity contribution in [3.8, 4) is 11.3 Å². The molecule has 6 nitrogen and oxygen atoms in total. The summed E-state index contributed by atoms with van der Waals surface area (Å²) in [7, 11) is 1.85. The van der Waals surface area contributed by atoms with Crippen molar-refractivity contribution in [1.29, 1.82) is 0 Å². The lowest BCUT2D eigenvalue weighted by atomic mass is 9.95. The Morgan fingerprint density at radius 2 is 2.03 bits per heavy atom. The van der Waals surface area contributed by atoms with E-state index in [0.717, 1.165) is 29.8 Å². The summed E-state index contributed by atoms with van der Waals surface area (Å²) in [6.07, 6.45) is 8.81. The minimum atomic E-state index is -0.938. The fourth-order valence-corrected chi connectivity index (χ4v) is 3.61. The fourth-order valence-electron chi connectivity index (χ4n) is 3.61. The minimum Gasteiger partial charge on any atom is -0.372 e. The topological polar surface area (TPSA) is 66.0 Å². The molecule has 164 valence electrons. The van der Waals surface area contributed by atoms with Gasteiger partial charge in [-0.25, -0.2) is 13.8 Å². The minimum absolute atomic E-state index is 0.181. The summed E-state index contributed by atoms with van der Waals surface area (Å²) in [6.45, 7) is 1.89. The summed E-state index contributed by atoms with van der Waals surface area (Å²) >= 11 is 0. The van der Waals surface area contributed by atoms with Crippen LogP contribution >= 0.6 is 0 Å². The first-order valence-electron chi connectivity index (χ1n) is 10.9. The highest BCUT2D eigenvalue weighted by Crippen LogP contribution is 2.30. The molecule has 8 heteroatoms. The summed E-state index contributed by atoms with van der Waals surface area (Å²) in [5.74, 6) is 1.10. The number of nitrogens with one attached hydrogen (secondary N) is 2. The summed E-state index contributed by atoms with van der Waals surface area (Å²) < 4.78 is 26.4. The van der Waals surface area contributed by atoms with Crippen LogP contribution in [0.5, 0.6) is 0 Å². The number of nitrogens with zero attached hydrogens (tertiary/aromatic N) is 4. The molecule has 0 aliphatic heterocycles. The second kappa shape index (κ2) is 11.0. The third-order valence-corrected chi connectivity index (χ3v) is 5.54. The zero-order valence-corrected chi connectivity index (χ0v) is 17.9. The second-order valence-electron chi connectivity index (χ2n) is 7.83. The average molecular weight is 419 g/mol. The van der Waals surface area contributed by atoms with Crippen LogP contribution in [0.25, 0.3) is 11.3 Å². The number of halogens is 2. The molecule has 0 bridgehead atoms. The molecular weight excluding hydrogens is 386 g/mol. The SMILES string of the molecule is CCC(F)CNc1ncc(-c2cc(N(C)CCF)ccn2)c(NC2CCCCC2)n1. The van der Waals surface area contributed by atoms with E-state index in [2.05, 4.69) is 25.6 Å². The maximum Gasteiger partial charge on any atom is 0.224 e. The molecule has 2 aromatic rings. The van der Waals surface area contributed by atoms with Gasteiger partial charge in [0.15, 0.2) is 0 Å². The van der Waals surface area contributed by atoms with Gasteiger partial charge in [0.25, 0.3) is 0 Å². The Labute approximate surface area is 177 Å². The van der Waals surface area contributed by atoms with Crippen molar-refractivity contribution in [2.24, 2.45) is 0 Å². The molecule has 3 rings (SSSR count). The Morgan fingerprint density at radius 3 is 2.77 bits per heavy atom. The van der Waals surface area contributed by atoms with Crippen LogP contribution in [0.3, 0.4) is 0 Å². The largest absolute Gasteiger partial charge is 0.372 e. The van der Waals surface area contributed by atoms with E-state index < -0.39 is 12.8 Å². The fraction of sp³-hybridized carbons (Fsp3) is 0.591. The van der Waals surface area contributed by atoms with E-state index in [1.54, 1.807) is 12.4 Å². The maximum absolute atomic E-state index is 13.6. The Hall–Kier alpha value is -2.51. The molecule has 1 atom stereocenters. The van der Waals surface area contributed by atoms with E-state index in [1.165, 1.54) is 19.3 Å². The lowest BCUT2D eigenvalue weighted by Gasteiger charge is -2.25. The van der Waals surface area contributed by atoms with Gasteiger partial charge in [-0.15, -0.1) is 0 Å². The average Bonchev–Trinajstić information content (AvgIpc) is 2.78. The summed E-state index contributed by atoms with van der Waals surface area (Å²) in [6, 6.07) is 4.13. The van der Waals surface area contributed by atoms with Crippen molar-refractivity contribution in [3.63, 3.8) is 0 Å². The van der Waals surface area contributed by atoms with Crippen LogP contribution in [0.4, 0.5) is 26.2 Å². The van der Waals surface area contributed by atoms with Gasteiger partial charge in [-0.1, -0.05) is 26.2 Å². The van der Waals surface area contributed by atoms with Crippen molar-refractivity contribution in [3.05, 3.63) is 24.5 Å². The zero-order valence-electron chi connectivity index (χ0n) is 17.9. The Bertz CT molecular complexity index is 797. The monoisotopic (exact) mass is 418 g/mol. The highest BCUT2D eigenvalue weighted by atomic mass is 19.1. The van der Waals surface area contributed by atoms with Crippen molar-refractivity contribution in [2.45, 2.75) is 57.7 Å². The molecule has 0 radical (unpaired) electrons. The molecule has 1 saturated carbocycles. The zero-order chi connectivity index (χ0) is 21.3. The second-order valence-corrected chi connectivity index (χ2v) is 7.83. The highest BCUT2D eigenvalue weighted by molar-refractivity contribution is 5.75. The molecule has 2 aromatic heterocycles. The van der Waals surface area contributed by atoms with Crippen LogP contribution in [0.2, 0.25) is 0 Å². The van der Waals surface area contributed by atoms with Gasteiger partial charge in [0.05, 0.1) is 11.3 Å². The molecular formula is C22H32F2N6. The molecule has 0 amide bonds. The normalized spacial score (nSPS) is 15.6. The molecule has 30 heavy (non-hydrogen) atoms. The third-order valence-electron chi connectivity index (χ3n) is 5.54. The predicted molar refractivity (Wildman–Crippen MR) is 119 cm³/mol. The van der Waals surface area contributed by atoms with Crippen LogP contribution < -0.4 is 15.5 Å². The van der Waals surface area contributed by atoms with Gasteiger partial charge in [0, 0.05) is 44.3 Å². The molecule has 0 aromatic carbocycles. The first-order valence-corrected chi connectivity index (χ1v) is 10.9. The lowest BCUT2D eigenvalue weighted by Crippen LogP contribution is -2.24. The smallest absolute Gasteiger partial charge is 0.224 e. The summed E-state index contributed by atoms with van der Waals surface area (Å²) in [5, 5.41) is 6.56. The van der Waals surface area contributed by atoms with Gasteiger partial charge in [-0.3, -0.25) is 4.98 Å². The Kier molecular flexibility index (Phi) is 8.16. The van der Waals surface area contributed by atoms with Crippen LogP contribution in [0.15, 0.2) is 24.5 Å². The van der Waals surface area contributed by atoms with Crippen molar-refractivity contribution < 1.29 is 8.78 Å². The van der Waals surface area contributed by atoms with Crippen molar-refractivity contribution in [1.82, 2.24) is 15.0 Å². The van der Waals surface area contributed by atoms with E-state index in [4.69, 9.17) is 0 Å². The Balaban J connectivity index is 1.88. The molecule has 1 aliphatic rings. The Morgan fingerprint density at radius 1 is 1.23 bits per heavy atom. The molecule has 0 saturated heterocycles. The standard InChI is InChI=1S/C22H32F2N6/c1-3-16(24)14-26-22-27-15-19(21(29-22)28-17-7-5-4-6-8-17)20-13-18(9-11-25-20)30(2)12-10-23/h9,11,13,15-17H,3-8,10,12,14H2,1-2H3,(H2,26,27,28,29). The molecule has 2 N–H and O–H groups in total. The van der Waals surface area contributed by atoms with Gasteiger partial charge in [0.1, 0.15) is 18.7 Å². The third kappa shape index (κ3) is 6.00. The van der Waals surface area contributed by atoms with E-state index >= 15 is 0 Å². The number of hydrogen-bond donors (Lipinski definition) is 2. The lowest BCUT2D eigenvalue weighted by molar-refractivity contribution is 0.340. The van der Waals surface area contributed by atoms with Crippen molar-refractivity contribution >= 4 is 17.5 Å². The summed E-state index contributed by atoms with van der Waals surface area (Å²) in [4.78, 5) is 15.4. The first kappa shape index (κ1) is 22.2. The number of hydrogen-bond acceptors (Lipinski definition) is 6. The number of pyridine rings is 1. The number of anilines is 3. The van der Waals surface area contributed by atoms with Gasteiger partial charge < -0.3 is 15.5 Å². The van der Waals surface area contributed by atoms with Crippen molar-refractivity contribution in [2.75, 3.05) is 42.3 Å². The van der Waals surface area contributed by atoms with Gasteiger partial charge in [0.2, 0.25) is 5.95 Å². The van der Waals surface area contributed by atoms with E-state index in [9.17, 15) is 8.78 Å². The number of rotatable bonds is 10. The highest BCUT2D eigenvalue weighted by Gasteiger charge is 2.18. The first-order chi connectivity index (χ1) is 14.6. The summed E-state index contributed by atoms with van der Waals surface area (Å²) in [5.41, 5.74) is 2.39. The van der Waals surface area contributed by atoms with Crippen LogP contribution in [0.1, 0.15) is 45.4 Å². The molecule has 1 aliphatic carbocycles. The van der Waals surface area contributed by atoms with E-state index in [1.807, 2.05) is 31.0 Å². The van der Waals surface area contributed by atoms with Gasteiger partial charge in [-0.2, -0.15) is 4.98 Å². The van der Waals surface area contributed by atoms with E-state index in [0.29, 0.717) is 30.8 Å². The van der Waals surface area contributed by atoms with Gasteiger partial charge >= 0.3 is 0 Å². The predicted octanol–water partition coefficient (Wildman–Crippen LogP) is 4.85. The molecule has 0 spiro atoms. The van der Waals surface area contributed by atoms with E-state index in [-0.39, 0.29) is 6.54 Å². The number of alkyl halides is 2. The van der Waals surface area contributed by atoms with Gasteiger partial charge in [-0.05, 0) is 31.4 Å². The van der Waals surface area contributed by atoms with Crippen LogP contribution in [-0.2, 0) is 0 Å². The van der Waals surface area contributed by atoms with Crippen LogP contribution in [0, 0.1) is 0 Å². The van der Waals surface area contributed by atoms with Crippen LogP contribution in [-0.4, -0.2) is 54.0 Å². The maximum atomic E-state index is 13.6. The molecule has 1 unspecified atom stereocenters. The molecule has 1 fully saturated rings. The number of aromatic nitrogens is 3. The molecule has 2 heterocycles.